The third-order valence-corrected chi connectivity index (χ3v) is 2.50. The number of hydrogen-bond donors (Lipinski definition) is 1. The van der Waals surface area contributed by atoms with Crippen molar-refractivity contribution in [3.63, 3.8) is 0 Å². The van der Waals surface area contributed by atoms with Gasteiger partial charge in [0.25, 0.3) is 0 Å². The molecular formula is C10H15NO. The van der Waals surface area contributed by atoms with Crippen LogP contribution < -0.4 is 5.32 Å². The van der Waals surface area contributed by atoms with E-state index in [4.69, 9.17) is 4.74 Å². The Bertz CT molecular complexity index is 228. The van der Waals surface area contributed by atoms with Crippen molar-refractivity contribution in [2.24, 2.45) is 0 Å². The average Bonchev–Trinajstić information content (AvgIpc) is 2.53. The molecule has 1 aliphatic heterocycles. The van der Waals surface area contributed by atoms with E-state index in [9.17, 15) is 0 Å². The van der Waals surface area contributed by atoms with E-state index in [0.29, 0.717) is 6.10 Å². The summed E-state index contributed by atoms with van der Waals surface area (Å²) in [4.78, 5) is 0. The fraction of sp³-hybridized carbons (Fsp3) is 0.600. The molecule has 1 fully saturated rings. The fourth-order valence-electron chi connectivity index (χ4n) is 1.92. The third kappa shape index (κ3) is 1.32. The van der Waals surface area contributed by atoms with E-state index in [0.717, 1.165) is 26.0 Å². The number of allylic oxidation sites excluding steroid dienone is 2. The molecule has 0 radical (unpaired) electrons. The van der Waals surface area contributed by atoms with Crippen molar-refractivity contribution >= 4 is 0 Å². The highest BCUT2D eigenvalue weighted by atomic mass is 16.5. The van der Waals surface area contributed by atoms with Crippen LogP contribution in [0.5, 0.6) is 0 Å². The topological polar surface area (TPSA) is 21.3 Å². The zero-order valence-corrected chi connectivity index (χ0v) is 7.47. The van der Waals surface area contributed by atoms with Crippen LogP contribution in [-0.4, -0.2) is 26.3 Å². The second-order valence-electron chi connectivity index (χ2n) is 3.29. The van der Waals surface area contributed by atoms with Crippen LogP contribution in [0.4, 0.5) is 0 Å². The molecule has 2 heteroatoms. The summed E-state index contributed by atoms with van der Waals surface area (Å²) in [6, 6.07) is 0. The molecule has 0 aromatic carbocycles. The van der Waals surface area contributed by atoms with Gasteiger partial charge in [0.1, 0.15) is 0 Å². The van der Waals surface area contributed by atoms with Crippen molar-refractivity contribution in [2.75, 3.05) is 20.2 Å². The van der Waals surface area contributed by atoms with E-state index in [1.807, 2.05) is 7.05 Å². The van der Waals surface area contributed by atoms with Gasteiger partial charge >= 0.3 is 0 Å². The lowest BCUT2D eigenvalue weighted by molar-refractivity contribution is 0.0686. The standard InChI is InChI=1S/C10H15NO/c1-11-7-10-9-4-2-3-8(9)5-6-12-10/h3-4,10-11H,2,5-7H2,1H3. The van der Waals surface area contributed by atoms with E-state index in [1.165, 1.54) is 11.1 Å². The number of likely N-dealkylation sites (N-methyl/N-ethyl adjacent to an activating group) is 1. The Hall–Kier alpha value is -0.600. The Morgan fingerprint density at radius 2 is 2.50 bits per heavy atom. The smallest absolute Gasteiger partial charge is 0.0948 e. The summed E-state index contributed by atoms with van der Waals surface area (Å²) in [5, 5.41) is 3.16. The normalized spacial score (nSPS) is 27.9. The van der Waals surface area contributed by atoms with Crippen molar-refractivity contribution in [3.8, 4) is 0 Å². The number of hydrogen-bond acceptors (Lipinski definition) is 2. The molecule has 12 heavy (non-hydrogen) atoms. The number of rotatable bonds is 2. The van der Waals surface area contributed by atoms with Crippen LogP contribution in [0.15, 0.2) is 23.3 Å². The van der Waals surface area contributed by atoms with Gasteiger partial charge in [-0.1, -0.05) is 12.2 Å². The summed E-state index contributed by atoms with van der Waals surface area (Å²) in [7, 11) is 1.97. The molecule has 2 aliphatic rings. The molecule has 0 saturated carbocycles. The van der Waals surface area contributed by atoms with Gasteiger partial charge < -0.3 is 10.1 Å². The highest BCUT2D eigenvalue weighted by Gasteiger charge is 2.24. The molecular weight excluding hydrogens is 150 g/mol. The second-order valence-corrected chi connectivity index (χ2v) is 3.29. The lowest BCUT2D eigenvalue weighted by atomic mass is 9.98. The Kier molecular flexibility index (Phi) is 2.28. The van der Waals surface area contributed by atoms with E-state index >= 15 is 0 Å². The van der Waals surface area contributed by atoms with E-state index < -0.39 is 0 Å². The molecule has 0 aromatic heterocycles. The molecule has 1 unspecified atom stereocenters. The van der Waals surface area contributed by atoms with Crippen LogP contribution in [0.25, 0.3) is 0 Å². The maximum Gasteiger partial charge on any atom is 0.0948 e. The molecule has 2 nitrogen and oxygen atoms in total. The number of fused-ring (bicyclic) bond motifs is 1. The minimum atomic E-state index is 0.303. The van der Waals surface area contributed by atoms with Gasteiger partial charge in [0, 0.05) is 6.54 Å². The van der Waals surface area contributed by atoms with Crippen LogP contribution in [-0.2, 0) is 4.74 Å². The van der Waals surface area contributed by atoms with Crippen LogP contribution in [0.1, 0.15) is 12.8 Å². The van der Waals surface area contributed by atoms with Crippen molar-refractivity contribution in [1.82, 2.24) is 5.32 Å². The average molecular weight is 165 g/mol. The molecule has 1 heterocycles. The molecule has 66 valence electrons. The van der Waals surface area contributed by atoms with Gasteiger partial charge in [-0.3, -0.25) is 0 Å². The monoisotopic (exact) mass is 165 g/mol. The van der Waals surface area contributed by atoms with Crippen molar-refractivity contribution < 1.29 is 4.74 Å². The first kappa shape index (κ1) is 8.02. The first-order valence-electron chi connectivity index (χ1n) is 4.57. The summed E-state index contributed by atoms with van der Waals surface area (Å²) in [6.45, 7) is 1.82. The zero-order valence-electron chi connectivity index (χ0n) is 7.47. The largest absolute Gasteiger partial charge is 0.372 e. The van der Waals surface area contributed by atoms with Gasteiger partial charge in [-0.2, -0.15) is 0 Å². The highest BCUT2D eigenvalue weighted by molar-refractivity contribution is 5.41. The molecule has 1 atom stereocenters. The first-order valence-corrected chi connectivity index (χ1v) is 4.57. The fourth-order valence-corrected chi connectivity index (χ4v) is 1.92. The molecule has 1 saturated heterocycles. The lowest BCUT2D eigenvalue weighted by Gasteiger charge is -2.26. The first-order chi connectivity index (χ1) is 5.92. The summed E-state index contributed by atoms with van der Waals surface area (Å²) in [5.41, 5.74) is 2.94. The third-order valence-electron chi connectivity index (χ3n) is 2.50. The van der Waals surface area contributed by atoms with Gasteiger partial charge in [-0.15, -0.1) is 0 Å². The number of ether oxygens (including phenoxy) is 1. The van der Waals surface area contributed by atoms with Gasteiger partial charge in [0.2, 0.25) is 0 Å². The van der Waals surface area contributed by atoms with Crippen LogP contribution >= 0.6 is 0 Å². The van der Waals surface area contributed by atoms with E-state index in [1.54, 1.807) is 0 Å². The quantitative estimate of drug-likeness (QED) is 0.665. The number of nitrogens with one attached hydrogen (secondary N) is 1. The molecule has 0 aromatic rings. The molecule has 0 spiro atoms. The Morgan fingerprint density at radius 1 is 1.58 bits per heavy atom. The van der Waals surface area contributed by atoms with Crippen LogP contribution in [0.2, 0.25) is 0 Å². The maximum absolute atomic E-state index is 5.66. The summed E-state index contributed by atoms with van der Waals surface area (Å²) >= 11 is 0. The zero-order chi connectivity index (χ0) is 8.39. The van der Waals surface area contributed by atoms with E-state index in [2.05, 4.69) is 17.5 Å². The van der Waals surface area contributed by atoms with Crippen molar-refractivity contribution in [3.05, 3.63) is 23.3 Å². The minimum Gasteiger partial charge on any atom is -0.372 e. The molecule has 1 N–H and O–H groups in total. The molecule has 0 amide bonds. The maximum atomic E-state index is 5.66. The molecule has 1 aliphatic carbocycles. The molecule has 0 bridgehead atoms. The molecule has 2 rings (SSSR count). The Morgan fingerprint density at radius 3 is 3.33 bits per heavy atom. The second kappa shape index (κ2) is 3.42. The van der Waals surface area contributed by atoms with Crippen LogP contribution in [0, 0.1) is 0 Å². The highest BCUT2D eigenvalue weighted by Crippen LogP contribution is 2.30. The van der Waals surface area contributed by atoms with Gasteiger partial charge in [0.05, 0.1) is 12.7 Å². The Balaban J connectivity index is 2.09. The van der Waals surface area contributed by atoms with Crippen LogP contribution in [0.3, 0.4) is 0 Å². The summed E-state index contributed by atoms with van der Waals surface area (Å²) in [5.74, 6) is 0. The summed E-state index contributed by atoms with van der Waals surface area (Å²) < 4.78 is 5.66. The van der Waals surface area contributed by atoms with Crippen molar-refractivity contribution in [1.29, 1.82) is 0 Å². The van der Waals surface area contributed by atoms with Crippen molar-refractivity contribution in [2.45, 2.75) is 18.9 Å². The van der Waals surface area contributed by atoms with Gasteiger partial charge in [-0.05, 0) is 31.0 Å². The predicted molar refractivity (Wildman–Crippen MR) is 49.1 cm³/mol. The Labute approximate surface area is 73.3 Å². The summed E-state index contributed by atoms with van der Waals surface area (Å²) in [6.07, 6.45) is 7.12. The van der Waals surface area contributed by atoms with Gasteiger partial charge in [-0.25, -0.2) is 0 Å². The SMILES string of the molecule is CNCC1OCCC2=CCC=C21. The lowest BCUT2D eigenvalue weighted by Crippen LogP contribution is -2.32. The predicted octanol–water partition coefficient (Wildman–Crippen LogP) is 1.25. The van der Waals surface area contributed by atoms with Gasteiger partial charge in [0.15, 0.2) is 0 Å². The minimum absolute atomic E-state index is 0.303. The van der Waals surface area contributed by atoms with E-state index in [-0.39, 0.29) is 0 Å².